The Bertz CT molecular complexity index is 800. The van der Waals surface area contributed by atoms with E-state index in [2.05, 4.69) is 51.4 Å². The second-order valence-electron chi connectivity index (χ2n) is 8.54. The van der Waals surface area contributed by atoms with E-state index in [9.17, 15) is 4.79 Å². The van der Waals surface area contributed by atoms with E-state index in [-0.39, 0.29) is 12.1 Å². The molecule has 0 unspecified atom stereocenters. The maximum Gasteiger partial charge on any atom is 0.319 e. The number of urea groups is 1. The lowest BCUT2D eigenvalue weighted by molar-refractivity contribution is 0.231. The van der Waals surface area contributed by atoms with Crippen molar-refractivity contribution in [3.05, 3.63) is 54.2 Å². The summed E-state index contributed by atoms with van der Waals surface area (Å²) in [7, 11) is 0. The summed E-state index contributed by atoms with van der Waals surface area (Å²) in [5.41, 5.74) is 2.01. The summed E-state index contributed by atoms with van der Waals surface area (Å²) in [6, 6.07) is 14.3. The summed E-state index contributed by atoms with van der Waals surface area (Å²) < 4.78 is 0. The topological polar surface area (TPSA) is 60.5 Å². The summed E-state index contributed by atoms with van der Waals surface area (Å²) >= 11 is 0. The van der Waals surface area contributed by atoms with Crippen molar-refractivity contribution in [3.8, 4) is 0 Å². The van der Waals surface area contributed by atoms with Crippen LogP contribution in [-0.4, -0.2) is 54.7 Å². The molecule has 2 fully saturated rings. The van der Waals surface area contributed by atoms with E-state index in [0.717, 1.165) is 50.6 Å². The number of amides is 2. The van der Waals surface area contributed by atoms with Gasteiger partial charge in [-0.2, -0.15) is 0 Å². The summed E-state index contributed by atoms with van der Waals surface area (Å²) in [5, 5.41) is 5.96. The fraction of sp³-hybridized carbons (Fsp3) is 0.478. The van der Waals surface area contributed by atoms with Crippen LogP contribution in [0.1, 0.15) is 31.7 Å². The van der Waals surface area contributed by atoms with Gasteiger partial charge in [0.15, 0.2) is 0 Å². The van der Waals surface area contributed by atoms with Crippen LogP contribution in [0.5, 0.6) is 0 Å². The number of anilines is 2. The largest absolute Gasteiger partial charge is 0.354 e. The van der Waals surface area contributed by atoms with Gasteiger partial charge in [-0.25, -0.2) is 9.78 Å². The van der Waals surface area contributed by atoms with Crippen LogP contribution in [-0.2, 0) is 0 Å². The number of hydrogen-bond acceptors (Lipinski definition) is 4. The molecule has 29 heavy (non-hydrogen) atoms. The predicted molar refractivity (Wildman–Crippen MR) is 117 cm³/mol. The molecule has 1 aliphatic heterocycles. The summed E-state index contributed by atoms with van der Waals surface area (Å²) in [5.74, 6) is 2.11. The van der Waals surface area contributed by atoms with E-state index in [1.807, 2.05) is 30.3 Å². The number of nitrogens with zero attached hydrogens (tertiary/aromatic N) is 3. The molecule has 1 saturated carbocycles. The van der Waals surface area contributed by atoms with Crippen molar-refractivity contribution in [2.75, 3.05) is 42.9 Å². The van der Waals surface area contributed by atoms with Crippen molar-refractivity contribution in [3.63, 3.8) is 0 Å². The van der Waals surface area contributed by atoms with E-state index in [1.165, 1.54) is 5.56 Å². The van der Waals surface area contributed by atoms with Gasteiger partial charge in [-0.05, 0) is 30.0 Å². The van der Waals surface area contributed by atoms with Crippen LogP contribution in [0, 0.1) is 5.92 Å². The van der Waals surface area contributed by atoms with Gasteiger partial charge >= 0.3 is 6.03 Å². The SMILES string of the molecule is CC(C)CN1CCN(c2ccc(NC(=O)N[C@@H]3C[C@H]3c3ccccc3)cn2)CC1. The third-order valence-corrected chi connectivity index (χ3v) is 5.66. The van der Waals surface area contributed by atoms with Crippen molar-refractivity contribution in [1.82, 2.24) is 15.2 Å². The zero-order valence-corrected chi connectivity index (χ0v) is 17.3. The second-order valence-corrected chi connectivity index (χ2v) is 8.54. The second kappa shape index (κ2) is 8.82. The molecule has 0 spiro atoms. The molecule has 0 bridgehead atoms. The van der Waals surface area contributed by atoms with Crippen LogP contribution < -0.4 is 15.5 Å². The molecule has 4 rings (SSSR count). The number of benzene rings is 1. The number of piperazine rings is 1. The van der Waals surface area contributed by atoms with E-state index in [4.69, 9.17) is 0 Å². The van der Waals surface area contributed by atoms with Gasteiger partial charge < -0.3 is 15.5 Å². The molecule has 2 amide bonds. The Morgan fingerprint density at radius 2 is 1.86 bits per heavy atom. The smallest absolute Gasteiger partial charge is 0.319 e. The number of hydrogen-bond donors (Lipinski definition) is 2. The average molecular weight is 394 g/mol. The first-order valence-electron chi connectivity index (χ1n) is 10.6. The summed E-state index contributed by atoms with van der Waals surface area (Å²) in [6.07, 6.45) is 2.74. The van der Waals surface area contributed by atoms with Gasteiger partial charge in [-0.15, -0.1) is 0 Å². The molecule has 2 aromatic rings. The fourth-order valence-corrected chi connectivity index (χ4v) is 4.08. The lowest BCUT2D eigenvalue weighted by Gasteiger charge is -2.36. The highest BCUT2D eigenvalue weighted by atomic mass is 16.2. The Hall–Kier alpha value is -2.60. The number of nitrogens with one attached hydrogen (secondary N) is 2. The van der Waals surface area contributed by atoms with Crippen LogP contribution in [0.2, 0.25) is 0 Å². The van der Waals surface area contributed by atoms with Gasteiger partial charge in [0.2, 0.25) is 0 Å². The first-order valence-corrected chi connectivity index (χ1v) is 10.6. The van der Waals surface area contributed by atoms with Gasteiger partial charge in [-0.3, -0.25) is 4.90 Å². The molecule has 6 nitrogen and oxygen atoms in total. The first kappa shape index (κ1) is 19.7. The van der Waals surface area contributed by atoms with Crippen LogP contribution in [0.4, 0.5) is 16.3 Å². The Labute approximate surface area is 173 Å². The highest BCUT2D eigenvalue weighted by Gasteiger charge is 2.39. The molecule has 0 radical (unpaired) electrons. The van der Waals surface area contributed by atoms with E-state index in [1.54, 1.807) is 6.20 Å². The molecule has 1 aromatic carbocycles. The number of aromatic nitrogens is 1. The van der Waals surface area contributed by atoms with E-state index >= 15 is 0 Å². The Kier molecular flexibility index (Phi) is 6.00. The third kappa shape index (κ3) is 5.26. The van der Waals surface area contributed by atoms with Crippen molar-refractivity contribution < 1.29 is 4.79 Å². The summed E-state index contributed by atoms with van der Waals surface area (Å²) in [4.78, 5) is 21.7. The van der Waals surface area contributed by atoms with Gasteiger partial charge in [0.1, 0.15) is 5.82 Å². The fourth-order valence-electron chi connectivity index (χ4n) is 4.08. The molecule has 2 atom stereocenters. The molecule has 154 valence electrons. The molecule has 6 heteroatoms. The Balaban J connectivity index is 1.23. The minimum atomic E-state index is -0.162. The highest BCUT2D eigenvalue weighted by Crippen LogP contribution is 2.40. The predicted octanol–water partition coefficient (Wildman–Crippen LogP) is 3.54. The van der Waals surface area contributed by atoms with Gasteiger partial charge in [-0.1, -0.05) is 44.2 Å². The van der Waals surface area contributed by atoms with Gasteiger partial charge in [0, 0.05) is 44.7 Å². The van der Waals surface area contributed by atoms with Crippen LogP contribution >= 0.6 is 0 Å². The minimum absolute atomic E-state index is 0.162. The molecule has 2 N–H and O–H groups in total. The quantitative estimate of drug-likeness (QED) is 0.788. The minimum Gasteiger partial charge on any atom is -0.354 e. The first-order chi connectivity index (χ1) is 14.1. The molecular formula is C23H31N5O. The van der Waals surface area contributed by atoms with Crippen molar-refractivity contribution in [2.45, 2.75) is 32.2 Å². The number of pyridine rings is 1. The van der Waals surface area contributed by atoms with E-state index in [0.29, 0.717) is 11.8 Å². The molecule has 1 saturated heterocycles. The molecule has 2 heterocycles. The number of carbonyl (C=O) groups excluding carboxylic acids is 1. The molecule has 1 aromatic heterocycles. The molecule has 2 aliphatic rings. The maximum atomic E-state index is 12.3. The Morgan fingerprint density at radius 3 is 2.52 bits per heavy atom. The number of carbonyl (C=O) groups is 1. The number of rotatable bonds is 6. The van der Waals surface area contributed by atoms with Crippen LogP contribution in [0.15, 0.2) is 48.7 Å². The zero-order chi connectivity index (χ0) is 20.2. The normalized spacial score (nSPS) is 21.8. The third-order valence-electron chi connectivity index (χ3n) is 5.66. The van der Waals surface area contributed by atoms with Gasteiger partial charge in [0.25, 0.3) is 0 Å². The van der Waals surface area contributed by atoms with E-state index < -0.39 is 0 Å². The monoisotopic (exact) mass is 393 g/mol. The summed E-state index contributed by atoms with van der Waals surface area (Å²) in [6.45, 7) is 9.83. The standard InChI is InChI=1S/C23H31N5O/c1-17(2)16-27-10-12-28(13-11-27)22-9-8-19(15-24-22)25-23(29)26-21-14-20(21)18-6-4-3-5-7-18/h3-9,15,17,20-21H,10-14,16H2,1-2H3,(H2,25,26,29)/t20-,21+/m0/s1. The maximum absolute atomic E-state index is 12.3. The van der Waals surface area contributed by atoms with Crippen molar-refractivity contribution >= 4 is 17.5 Å². The lowest BCUT2D eigenvalue weighted by Crippen LogP contribution is -2.47. The molecular weight excluding hydrogens is 362 g/mol. The van der Waals surface area contributed by atoms with Crippen molar-refractivity contribution in [2.24, 2.45) is 5.92 Å². The average Bonchev–Trinajstić information content (AvgIpc) is 3.48. The zero-order valence-electron chi connectivity index (χ0n) is 17.3. The lowest BCUT2D eigenvalue weighted by atomic mass is 10.1. The van der Waals surface area contributed by atoms with Crippen LogP contribution in [0.25, 0.3) is 0 Å². The van der Waals surface area contributed by atoms with Gasteiger partial charge in [0.05, 0.1) is 11.9 Å². The Morgan fingerprint density at radius 1 is 1.10 bits per heavy atom. The highest BCUT2D eigenvalue weighted by molar-refractivity contribution is 5.89. The van der Waals surface area contributed by atoms with Crippen LogP contribution in [0.3, 0.4) is 0 Å². The molecule has 1 aliphatic carbocycles. The van der Waals surface area contributed by atoms with Crippen molar-refractivity contribution in [1.29, 1.82) is 0 Å².